The van der Waals surface area contributed by atoms with Crippen molar-refractivity contribution in [1.29, 1.82) is 0 Å². The molecule has 1 rings (SSSR count). The third-order valence-corrected chi connectivity index (χ3v) is 2.97. The van der Waals surface area contributed by atoms with E-state index in [-0.39, 0.29) is 11.9 Å². The molecule has 0 spiro atoms. The smallest absolute Gasteiger partial charge is 0.311 e. The summed E-state index contributed by atoms with van der Waals surface area (Å²) in [6, 6.07) is 6.20. The van der Waals surface area contributed by atoms with Crippen LogP contribution >= 0.6 is 0 Å². The lowest BCUT2D eigenvalue weighted by molar-refractivity contribution is -0.145. The van der Waals surface area contributed by atoms with Crippen molar-refractivity contribution >= 4 is 5.97 Å². The van der Waals surface area contributed by atoms with Crippen molar-refractivity contribution in [3.05, 3.63) is 29.3 Å². The van der Waals surface area contributed by atoms with E-state index in [1.54, 1.807) is 6.92 Å². The summed E-state index contributed by atoms with van der Waals surface area (Å²) < 4.78 is 10.4. The summed E-state index contributed by atoms with van der Waals surface area (Å²) in [5.74, 6) is 0.813. The molecule has 0 N–H and O–H groups in total. The van der Waals surface area contributed by atoms with Crippen LogP contribution in [0, 0.1) is 12.8 Å². The lowest BCUT2D eigenvalue weighted by Crippen LogP contribution is -2.20. The highest BCUT2D eigenvalue weighted by Crippen LogP contribution is 2.24. The van der Waals surface area contributed by atoms with Crippen LogP contribution in [0.1, 0.15) is 37.8 Å². The molecule has 100 valence electrons. The number of methoxy groups -OCH3 is 1. The molecule has 0 aliphatic heterocycles. The van der Waals surface area contributed by atoms with E-state index in [2.05, 4.69) is 24.7 Å². The van der Waals surface area contributed by atoms with Crippen LogP contribution in [0.2, 0.25) is 0 Å². The first-order chi connectivity index (χ1) is 8.45. The van der Waals surface area contributed by atoms with Crippen molar-refractivity contribution in [1.82, 2.24) is 0 Å². The molecule has 3 heteroatoms. The summed E-state index contributed by atoms with van der Waals surface area (Å²) in [4.78, 5) is 11.3. The lowest BCUT2D eigenvalue weighted by Gasteiger charge is -2.15. The minimum Gasteiger partial charge on any atom is -0.492 e. The van der Waals surface area contributed by atoms with E-state index in [9.17, 15) is 4.79 Å². The maximum absolute atomic E-state index is 11.3. The molecule has 18 heavy (non-hydrogen) atoms. The predicted octanol–water partition coefficient (Wildman–Crippen LogP) is 3.31. The van der Waals surface area contributed by atoms with Gasteiger partial charge in [0.15, 0.2) is 0 Å². The van der Waals surface area contributed by atoms with E-state index in [1.807, 2.05) is 19.1 Å². The maximum Gasteiger partial charge on any atom is 0.311 e. The largest absolute Gasteiger partial charge is 0.492 e. The minimum absolute atomic E-state index is 0.243. The standard InChI is InChI=1S/C15H22O3/c1-10(2)13-7-6-11(3)14(8-13)18-9-12(4)15(16)17-5/h6-8,10,12H,9H2,1-5H3. The van der Waals surface area contributed by atoms with E-state index < -0.39 is 0 Å². The van der Waals surface area contributed by atoms with Gasteiger partial charge in [-0.1, -0.05) is 26.0 Å². The molecule has 0 amide bonds. The Morgan fingerprint density at radius 3 is 2.50 bits per heavy atom. The second-order valence-electron chi connectivity index (χ2n) is 4.91. The Hall–Kier alpha value is -1.51. The normalized spacial score (nSPS) is 12.3. The second-order valence-corrected chi connectivity index (χ2v) is 4.91. The first-order valence-corrected chi connectivity index (χ1v) is 6.26. The van der Waals surface area contributed by atoms with Crippen molar-refractivity contribution in [2.24, 2.45) is 5.92 Å². The molecule has 0 aromatic heterocycles. The number of hydrogen-bond donors (Lipinski definition) is 0. The zero-order valence-electron chi connectivity index (χ0n) is 11.8. The molecule has 0 bridgehead atoms. The van der Waals surface area contributed by atoms with Gasteiger partial charge in [0.1, 0.15) is 12.4 Å². The topological polar surface area (TPSA) is 35.5 Å². The highest BCUT2D eigenvalue weighted by atomic mass is 16.5. The maximum atomic E-state index is 11.3. The van der Waals surface area contributed by atoms with Crippen molar-refractivity contribution in [2.75, 3.05) is 13.7 Å². The Labute approximate surface area is 109 Å². The van der Waals surface area contributed by atoms with Crippen molar-refractivity contribution in [3.8, 4) is 5.75 Å². The molecule has 1 atom stereocenters. The van der Waals surface area contributed by atoms with E-state index in [4.69, 9.17) is 4.74 Å². The van der Waals surface area contributed by atoms with Crippen LogP contribution < -0.4 is 4.74 Å². The van der Waals surface area contributed by atoms with Crippen molar-refractivity contribution < 1.29 is 14.3 Å². The van der Waals surface area contributed by atoms with Crippen LogP contribution in [0.4, 0.5) is 0 Å². The molecule has 0 aliphatic rings. The van der Waals surface area contributed by atoms with Crippen molar-refractivity contribution in [3.63, 3.8) is 0 Å². The van der Waals surface area contributed by atoms with Gasteiger partial charge in [-0.25, -0.2) is 0 Å². The highest BCUT2D eigenvalue weighted by molar-refractivity contribution is 5.71. The van der Waals surface area contributed by atoms with Gasteiger partial charge >= 0.3 is 5.97 Å². The van der Waals surface area contributed by atoms with Gasteiger partial charge in [0.25, 0.3) is 0 Å². The number of carbonyl (C=O) groups is 1. The van der Waals surface area contributed by atoms with Gasteiger partial charge in [-0.3, -0.25) is 4.79 Å². The SMILES string of the molecule is COC(=O)C(C)COc1cc(C(C)C)ccc1C. The van der Waals surface area contributed by atoms with Crippen LogP contribution in [-0.2, 0) is 9.53 Å². The van der Waals surface area contributed by atoms with Gasteiger partial charge in [0.05, 0.1) is 13.0 Å². The number of hydrogen-bond acceptors (Lipinski definition) is 3. The first-order valence-electron chi connectivity index (χ1n) is 6.26. The fourth-order valence-corrected chi connectivity index (χ4v) is 1.62. The van der Waals surface area contributed by atoms with Crippen LogP contribution in [0.25, 0.3) is 0 Å². The fraction of sp³-hybridized carbons (Fsp3) is 0.533. The van der Waals surface area contributed by atoms with Crippen LogP contribution in [0.15, 0.2) is 18.2 Å². The van der Waals surface area contributed by atoms with E-state index in [0.717, 1.165) is 11.3 Å². The molecule has 0 radical (unpaired) electrons. The molecular formula is C15H22O3. The number of benzene rings is 1. The Morgan fingerprint density at radius 2 is 1.94 bits per heavy atom. The molecule has 0 heterocycles. The minimum atomic E-state index is -0.253. The van der Waals surface area contributed by atoms with Crippen LogP contribution in [0.3, 0.4) is 0 Å². The van der Waals surface area contributed by atoms with Gasteiger partial charge < -0.3 is 9.47 Å². The quantitative estimate of drug-likeness (QED) is 0.752. The molecule has 0 aliphatic carbocycles. The number of aryl methyl sites for hydroxylation is 1. The summed E-state index contributed by atoms with van der Waals surface area (Å²) in [5, 5.41) is 0. The Balaban J connectivity index is 2.72. The van der Waals surface area contributed by atoms with Gasteiger partial charge in [-0.05, 0) is 37.0 Å². The third kappa shape index (κ3) is 3.76. The average Bonchev–Trinajstić information content (AvgIpc) is 2.36. The molecule has 0 fully saturated rings. The Kier molecular flexibility index (Phi) is 5.20. The molecule has 0 saturated heterocycles. The van der Waals surface area contributed by atoms with Gasteiger partial charge in [-0.2, -0.15) is 0 Å². The molecule has 0 saturated carbocycles. The summed E-state index contributed by atoms with van der Waals surface area (Å²) in [6.07, 6.45) is 0. The summed E-state index contributed by atoms with van der Waals surface area (Å²) in [6.45, 7) is 8.43. The molecule has 1 aromatic rings. The van der Waals surface area contributed by atoms with Crippen LogP contribution in [-0.4, -0.2) is 19.7 Å². The predicted molar refractivity (Wildman–Crippen MR) is 71.9 cm³/mol. The molecule has 3 nitrogen and oxygen atoms in total. The molecular weight excluding hydrogens is 228 g/mol. The summed E-state index contributed by atoms with van der Waals surface area (Å²) in [7, 11) is 1.39. The Morgan fingerprint density at radius 1 is 1.28 bits per heavy atom. The second kappa shape index (κ2) is 6.43. The molecule has 1 unspecified atom stereocenters. The highest BCUT2D eigenvalue weighted by Gasteiger charge is 2.14. The monoisotopic (exact) mass is 250 g/mol. The number of esters is 1. The first kappa shape index (κ1) is 14.6. The van der Waals surface area contributed by atoms with Crippen LogP contribution in [0.5, 0.6) is 5.75 Å². The van der Waals surface area contributed by atoms with Gasteiger partial charge in [-0.15, -0.1) is 0 Å². The number of carbonyl (C=O) groups excluding carboxylic acids is 1. The molecule has 1 aromatic carbocycles. The van der Waals surface area contributed by atoms with E-state index in [1.165, 1.54) is 12.7 Å². The third-order valence-electron chi connectivity index (χ3n) is 2.97. The number of ether oxygens (including phenoxy) is 2. The zero-order chi connectivity index (χ0) is 13.7. The zero-order valence-corrected chi connectivity index (χ0v) is 11.8. The summed E-state index contributed by atoms with van der Waals surface area (Å²) in [5.41, 5.74) is 2.32. The van der Waals surface area contributed by atoms with Gasteiger partial charge in [0.2, 0.25) is 0 Å². The van der Waals surface area contributed by atoms with E-state index in [0.29, 0.717) is 12.5 Å². The van der Waals surface area contributed by atoms with Crippen molar-refractivity contribution in [2.45, 2.75) is 33.6 Å². The lowest BCUT2D eigenvalue weighted by atomic mass is 10.0. The fourth-order valence-electron chi connectivity index (χ4n) is 1.62. The summed E-state index contributed by atoms with van der Waals surface area (Å²) >= 11 is 0. The number of rotatable bonds is 5. The van der Waals surface area contributed by atoms with Gasteiger partial charge in [0, 0.05) is 0 Å². The van der Waals surface area contributed by atoms with E-state index >= 15 is 0 Å². The Bertz CT molecular complexity index is 410. The average molecular weight is 250 g/mol.